The second kappa shape index (κ2) is 7.27. The van der Waals surface area contributed by atoms with Gasteiger partial charge in [0.2, 0.25) is 5.91 Å². The Labute approximate surface area is 158 Å². The summed E-state index contributed by atoms with van der Waals surface area (Å²) in [5, 5.41) is 0. The molecule has 2 aromatic rings. The Hall–Kier alpha value is -2.47. The average Bonchev–Trinajstić information content (AvgIpc) is 2.64. The van der Waals surface area contributed by atoms with Crippen molar-refractivity contribution in [2.45, 2.75) is 37.9 Å². The Morgan fingerprint density at radius 2 is 2.15 bits per heavy atom. The minimum atomic E-state index is -0.457. The van der Waals surface area contributed by atoms with Crippen LogP contribution in [-0.2, 0) is 16.0 Å². The van der Waals surface area contributed by atoms with Crippen molar-refractivity contribution < 1.29 is 18.7 Å². The number of aryl methyl sites for hydroxylation is 1. The molecule has 0 aliphatic carbocycles. The number of hydrogen-bond donors (Lipinski definition) is 0. The molecule has 3 heterocycles. The molecule has 2 aliphatic rings. The van der Waals surface area contributed by atoms with Crippen LogP contribution in [0.4, 0.5) is 4.39 Å². The summed E-state index contributed by atoms with van der Waals surface area (Å²) in [5.41, 5.74) is 1.80. The predicted molar refractivity (Wildman–Crippen MR) is 98.0 cm³/mol. The zero-order valence-corrected chi connectivity index (χ0v) is 15.4. The highest BCUT2D eigenvalue weighted by Crippen LogP contribution is 2.36. The molecule has 0 N–H and O–H groups in total. The van der Waals surface area contributed by atoms with Gasteiger partial charge in [0.25, 0.3) is 5.88 Å². The van der Waals surface area contributed by atoms with Crippen molar-refractivity contribution in [3.63, 3.8) is 0 Å². The summed E-state index contributed by atoms with van der Waals surface area (Å²) in [5.74, 6) is -0.314. The van der Waals surface area contributed by atoms with Gasteiger partial charge in [0.1, 0.15) is 11.7 Å². The average molecular weight is 370 g/mol. The van der Waals surface area contributed by atoms with Gasteiger partial charge in [0, 0.05) is 19.0 Å². The third kappa shape index (κ3) is 3.81. The molecule has 2 aliphatic heterocycles. The first-order valence-corrected chi connectivity index (χ1v) is 9.28. The Morgan fingerprint density at radius 1 is 1.33 bits per heavy atom. The summed E-state index contributed by atoms with van der Waals surface area (Å²) in [7, 11) is 0. The molecule has 0 saturated carbocycles. The molecular formula is C21H23FN2O3. The summed E-state index contributed by atoms with van der Waals surface area (Å²) in [6.07, 6.45) is 3.09. The molecule has 1 amide bonds. The third-order valence-corrected chi connectivity index (χ3v) is 5.36. The molecule has 1 aromatic heterocycles. The second-order valence-corrected chi connectivity index (χ2v) is 7.41. The molecule has 0 radical (unpaired) electrons. The Kier molecular flexibility index (Phi) is 4.83. The van der Waals surface area contributed by atoms with Gasteiger partial charge in [0.15, 0.2) is 5.82 Å². The Bertz CT molecular complexity index is 836. The highest BCUT2D eigenvalue weighted by molar-refractivity contribution is 5.80. The highest BCUT2D eigenvalue weighted by Gasteiger charge is 2.49. The van der Waals surface area contributed by atoms with Crippen molar-refractivity contribution in [2.75, 3.05) is 19.7 Å². The number of carbonyl (C=O) groups is 1. The predicted octanol–water partition coefficient (Wildman–Crippen LogP) is 2.91. The zero-order chi connectivity index (χ0) is 18.9. The van der Waals surface area contributed by atoms with E-state index < -0.39 is 5.82 Å². The van der Waals surface area contributed by atoms with Gasteiger partial charge in [-0.25, -0.2) is 9.37 Å². The van der Waals surface area contributed by atoms with Gasteiger partial charge < -0.3 is 14.4 Å². The van der Waals surface area contributed by atoms with Crippen LogP contribution in [0.15, 0.2) is 42.6 Å². The molecule has 0 bridgehead atoms. The molecule has 2 fully saturated rings. The standard InChI is InChI=1S/C21H23FN2O3/c1-15-5-2-3-6-16(15)11-19(25)24-13-21(14-24)12-17(8-10-26-21)27-20-18(22)7-4-9-23-20/h2-7,9,17H,8,10-14H2,1H3. The van der Waals surface area contributed by atoms with Gasteiger partial charge in [-0.3, -0.25) is 4.79 Å². The molecule has 4 rings (SSSR count). The first-order valence-electron chi connectivity index (χ1n) is 9.28. The second-order valence-electron chi connectivity index (χ2n) is 7.41. The van der Waals surface area contributed by atoms with Crippen molar-refractivity contribution in [2.24, 2.45) is 0 Å². The maximum atomic E-state index is 13.8. The van der Waals surface area contributed by atoms with E-state index in [9.17, 15) is 9.18 Å². The van der Waals surface area contributed by atoms with Crippen molar-refractivity contribution >= 4 is 5.91 Å². The summed E-state index contributed by atoms with van der Waals surface area (Å²) < 4.78 is 25.5. The van der Waals surface area contributed by atoms with E-state index in [0.717, 1.165) is 11.1 Å². The van der Waals surface area contributed by atoms with Crippen LogP contribution in [0.3, 0.4) is 0 Å². The fourth-order valence-corrected chi connectivity index (χ4v) is 3.83. The molecular weight excluding hydrogens is 347 g/mol. The number of aromatic nitrogens is 1. The smallest absolute Gasteiger partial charge is 0.250 e. The molecule has 1 unspecified atom stereocenters. The van der Waals surface area contributed by atoms with Crippen LogP contribution < -0.4 is 4.74 Å². The number of amides is 1. The Morgan fingerprint density at radius 3 is 2.93 bits per heavy atom. The van der Waals surface area contributed by atoms with Crippen molar-refractivity contribution in [3.05, 3.63) is 59.5 Å². The van der Waals surface area contributed by atoms with E-state index in [1.807, 2.05) is 36.1 Å². The topological polar surface area (TPSA) is 51.7 Å². The first kappa shape index (κ1) is 17.9. The fourth-order valence-electron chi connectivity index (χ4n) is 3.83. The SMILES string of the molecule is Cc1ccccc1CC(=O)N1CC2(CC(Oc3ncccc3F)CCO2)C1. The van der Waals surface area contributed by atoms with E-state index in [-0.39, 0.29) is 23.5 Å². The number of benzene rings is 1. The minimum absolute atomic E-state index is 0.0337. The lowest BCUT2D eigenvalue weighted by molar-refractivity contribution is -0.193. The van der Waals surface area contributed by atoms with Crippen LogP contribution in [-0.4, -0.2) is 47.2 Å². The molecule has 1 spiro atoms. The van der Waals surface area contributed by atoms with Gasteiger partial charge in [-0.05, 0) is 30.2 Å². The number of likely N-dealkylation sites (tertiary alicyclic amines) is 1. The van der Waals surface area contributed by atoms with E-state index in [4.69, 9.17) is 9.47 Å². The number of ether oxygens (including phenoxy) is 2. The van der Waals surface area contributed by atoms with Crippen LogP contribution in [0, 0.1) is 12.7 Å². The van der Waals surface area contributed by atoms with E-state index in [1.54, 1.807) is 0 Å². The lowest BCUT2D eigenvalue weighted by Crippen LogP contribution is -2.67. The number of hydrogen-bond acceptors (Lipinski definition) is 4. The van der Waals surface area contributed by atoms with Gasteiger partial charge in [-0.15, -0.1) is 0 Å². The molecule has 1 atom stereocenters. The summed E-state index contributed by atoms with van der Waals surface area (Å²) >= 11 is 0. The van der Waals surface area contributed by atoms with Gasteiger partial charge in [-0.2, -0.15) is 0 Å². The van der Waals surface area contributed by atoms with Crippen LogP contribution in [0.5, 0.6) is 5.88 Å². The lowest BCUT2D eigenvalue weighted by atomic mass is 9.84. The highest BCUT2D eigenvalue weighted by atomic mass is 19.1. The molecule has 2 saturated heterocycles. The van der Waals surface area contributed by atoms with E-state index in [1.165, 1.54) is 18.3 Å². The summed E-state index contributed by atoms with van der Waals surface area (Å²) in [6.45, 7) is 3.67. The zero-order valence-electron chi connectivity index (χ0n) is 15.4. The number of pyridine rings is 1. The maximum absolute atomic E-state index is 13.8. The van der Waals surface area contributed by atoms with Gasteiger partial charge in [-0.1, -0.05) is 24.3 Å². The molecule has 5 nitrogen and oxygen atoms in total. The first-order chi connectivity index (χ1) is 13.0. The van der Waals surface area contributed by atoms with Crippen LogP contribution >= 0.6 is 0 Å². The van der Waals surface area contributed by atoms with Crippen molar-refractivity contribution in [1.29, 1.82) is 0 Å². The van der Waals surface area contributed by atoms with Crippen molar-refractivity contribution in [1.82, 2.24) is 9.88 Å². The third-order valence-electron chi connectivity index (χ3n) is 5.36. The number of carbonyl (C=O) groups excluding carboxylic acids is 1. The van der Waals surface area contributed by atoms with Crippen LogP contribution in [0.2, 0.25) is 0 Å². The largest absolute Gasteiger partial charge is 0.472 e. The summed E-state index contributed by atoms with van der Waals surface area (Å²) in [6, 6.07) is 10.8. The quantitative estimate of drug-likeness (QED) is 0.830. The minimum Gasteiger partial charge on any atom is -0.472 e. The normalized spacial score (nSPS) is 21.0. The Balaban J connectivity index is 1.34. The fraction of sp³-hybridized carbons (Fsp3) is 0.429. The van der Waals surface area contributed by atoms with E-state index >= 15 is 0 Å². The number of halogens is 1. The van der Waals surface area contributed by atoms with Gasteiger partial charge in [0.05, 0.1) is 26.1 Å². The lowest BCUT2D eigenvalue weighted by Gasteiger charge is -2.52. The number of nitrogens with zero attached hydrogens (tertiary/aromatic N) is 2. The molecule has 6 heteroatoms. The van der Waals surface area contributed by atoms with Gasteiger partial charge >= 0.3 is 0 Å². The monoisotopic (exact) mass is 370 g/mol. The molecule has 1 aromatic carbocycles. The summed E-state index contributed by atoms with van der Waals surface area (Å²) in [4.78, 5) is 18.4. The molecule has 142 valence electrons. The van der Waals surface area contributed by atoms with E-state index in [2.05, 4.69) is 4.98 Å². The van der Waals surface area contributed by atoms with Crippen LogP contribution in [0.25, 0.3) is 0 Å². The van der Waals surface area contributed by atoms with E-state index in [0.29, 0.717) is 39.0 Å². The van der Waals surface area contributed by atoms with Crippen molar-refractivity contribution in [3.8, 4) is 5.88 Å². The van der Waals surface area contributed by atoms with Crippen LogP contribution in [0.1, 0.15) is 24.0 Å². The maximum Gasteiger partial charge on any atom is 0.250 e. The number of rotatable bonds is 4. The molecule has 27 heavy (non-hydrogen) atoms.